The number of urea groups is 1. The number of hydrazone groups is 2. The second-order valence-electron chi connectivity index (χ2n) is 12.5. The molecule has 2 aliphatic rings. The molecule has 0 unspecified atom stereocenters. The molecule has 2 aliphatic carbocycles. The summed E-state index contributed by atoms with van der Waals surface area (Å²) in [5, 5.41) is 12.9. The fraction of sp³-hybridized carbons (Fsp3) is 0.103. The monoisotopic (exact) mass is 856 g/mol. The number of ether oxygens (including phenoxy) is 2. The van der Waals surface area contributed by atoms with Crippen molar-refractivity contribution in [2.75, 3.05) is 34.7 Å². The van der Waals surface area contributed by atoms with Crippen LogP contribution < -0.4 is 21.5 Å². The molecule has 0 atom stereocenters. The van der Waals surface area contributed by atoms with Crippen molar-refractivity contribution in [1.29, 1.82) is 0 Å². The number of hydrogen-bond donors (Lipinski definition) is 6. The third-order valence-corrected chi connectivity index (χ3v) is 10.3. The molecule has 6 rings (SSSR count). The smallest absolute Gasteiger partial charge is 0.338 e. The Hall–Kier alpha value is -7.33. The van der Waals surface area contributed by atoms with Crippen molar-refractivity contribution in [3.63, 3.8) is 0 Å². The van der Waals surface area contributed by atoms with Gasteiger partial charge in [0.25, 0.3) is 20.2 Å². The summed E-state index contributed by atoms with van der Waals surface area (Å²) in [4.78, 5) is 62.1. The molecule has 0 aromatic heterocycles. The van der Waals surface area contributed by atoms with E-state index in [1.165, 1.54) is 84.9 Å². The van der Waals surface area contributed by atoms with Gasteiger partial charge in [-0.15, -0.1) is 0 Å². The molecule has 2 amide bonds. The summed E-state index contributed by atoms with van der Waals surface area (Å²) in [5.41, 5.74) is 5.00. The molecular formula is C39H32N6O13S2. The van der Waals surface area contributed by atoms with E-state index in [4.69, 9.17) is 9.47 Å². The molecule has 0 saturated heterocycles. The average molecular weight is 857 g/mol. The van der Waals surface area contributed by atoms with Gasteiger partial charge in [-0.3, -0.25) is 29.5 Å². The van der Waals surface area contributed by atoms with Gasteiger partial charge in [0, 0.05) is 22.5 Å². The molecule has 308 valence electrons. The number of benzene rings is 4. The number of fused-ring (bicyclic) bond motifs is 2. The van der Waals surface area contributed by atoms with Crippen LogP contribution in [0.3, 0.4) is 0 Å². The Morgan fingerprint density at radius 2 is 0.917 bits per heavy atom. The van der Waals surface area contributed by atoms with Crippen molar-refractivity contribution < 1.29 is 59.4 Å². The zero-order valence-electron chi connectivity index (χ0n) is 31.2. The highest BCUT2D eigenvalue weighted by Gasteiger charge is 2.34. The Balaban J connectivity index is 1.18. The Bertz CT molecular complexity index is 2620. The lowest BCUT2D eigenvalue weighted by atomic mass is 9.94. The molecule has 0 radical (unpaired) electrons. The summed E-state index contributed by atoms with van der Waals surface area (Å²) < 4.78 is 79.3. The van der Waals surface area contributed by atoms with Gasteiger partial charge in [0.2, 0.25) is 11.6 Å². The first-order valence-electron chi connectivity index (χ1n) is 17.5. The molecule has 0 saturated carbocycles. The van der Waals surface area contributed by atoms with Gasteiger partial charge in [-0.25, -0.2) is 14.4 Å². The first kappa shape index (κ1) is 42.3. The molecule has 0 heterocycles. The highest BCUT2D eigenvalue weighted by Crippen LogP contribution is 2.30. The van der Waals surface area contributed by atoms with E-state index in [2.05, 4.69) is 31.7 Å². The maximum atomic E-state index is 13.4. The fourth-order valence-corrected chi connectivity index (χ4v) is 7.08. The van der Waals surface area contributed by atoms with Crippen LogP contribution in [0.2, 0.25) is 0 Å². The predicted octanol–water partition coefficient (Wildman–Crippen LogP) is 5.47. The molecule has 0 fully saturated rings. The van der Waals surface area contributed by atoms with Crippen molar-refractivity contribution in [1.82, 2.24) is 0 Å². The Morgan fingerprint density at radius 3 is 1.25 bits per heavy atom. The van der Waals surface area contributed by atoms with Gasteiger partial charge in [-0.05, 0) is 122 Å². The SMILES string of the molecule is CCOC(=O)c1ccc(N/N=C2\C(=O)c3ccc(NC(=O)Nc4ccc5c(c4)C=C(S(=O)(=O)O)/C(=N/Nc4ccc(C(=O)OCC)cc4)C5=O)cc3C=C2S(=O)(=O)O)cc1. The van der Waals surface area contributed by atoms with Crippen LogP contribution in [0.5, 0.6) is 0 Å². The molecule has 4 aromatic rings. The standard InChI is InChI=1S/C39H32N6O13S2/c1-3-57-37(48)21-5-9-25(10-6-21)42-44-33-31(59(51,52)53)19-23-17-27(13-15-29(23)35(33)46)40-39(50)41-28-14-16-30-24(18-28)20-32(60(54,55)56)34(36(30)47)45-43-26-11-7-22(8-12-26)38(49)58-4-2/h5-20,42-43H,3-4H2,1-2H3,(H2,40,41,50)(H,51,52,53)(H,54,55,56)/b44-33-,45-34-. The normalized spacial score (nSPS) is 14.9. The molecule has 19 nitrogen and oxygen atoms in total. The van der Waals surface area contributed by atoms with E-state index in [1.807, 2.05) is 0 Å². The number of rotatable bonds is 12. The Labute approximate surface area is 341 Å². The quantitative estimate of drug-likeness (QED) is 0.0585. The van der Waals surface area contributed by atoms with Crippen LogP contribution in [-0.4, -0.2) is 80.1 Å². The number of anilines is 4. The van der Waals surface area contributed by atoms with Crippen LogP contribution in [0.4, 0.5) is 27.5 Å². The number of nitrogens with zero attached hydrogens (tertiary/aromatic N) is 2. The van der Waals surface area contributed by atoms with E-state index in [-0.39, 0.29) is 69.3 Å². The third-order valence-electron chi connectivity index (χ3n) is 8.52. The van der Waals surface area contributed by atoms with Crippen molar-refractivity contribution in [3.8, 4) is 0 Å². The zero-order valence-corrected chi connectivity index (χ0v) is 32.9. The third kappa shape index (κ3) is 9.51. The van der Waals surface area contributed by atoms with E-state index in [0.717, 1.165) is 12.2 Å². The zero-order chi connectivity index (χ0) is 43.4. The largest absolute Gasteiger partial charge is 0.462 e. The van der Waals surface area contributed by atoms with Crippen LogP contribution in [-0.2, 0) is 29.7 Å². The summed E-state index contributed by atoms with van der Waals surface area (Å²) in [7, 11) is -10.0. The maximum Gasteiger partial charge on any atom is 0.338 e. The maximum absolute atomic E-state index is 13.4. The van der Waals surface area contributed by atoms with Crippen molar-refractivity contribution in [2.45, 2.75) is 13.8 Å². The number of hydrogen-bond acceptors (Lipinski definition) is 15. The van der Waals surface area contributed by atoms with Gasteiger partial charge in [-0.2, -0.15) is 27.0 Å². The van der Waals surface area contributed by atoms with Crippen molar-refractivity contribution in [2.24, 2.45) is 10.2 Å². The first-order chi connectivity index (χ1) is 28.5. The number of esters is 2. The second-order valence-corrected chi connectivity index (χ2v) is 15.3. The molecular weight excluding hydrogens is 825 g/mol. The van der Waals surface area contributed by atoms with Crippen LogP contribution in [0.25, 0.3) is 12.2 Å². The molecule has 0 bridgehead atoms. The van der Waals surface area contributed by atoms with E-state index in [0.29, 0.717) is 0 Å². The number of nitrogens with one attached hydrogen (secondary N) is 4. The molecule has 21 heteroatoms. The minimum Gasteiger partial charge on any atom is -0.462 e. The Morgan fingerprint density at radius 1 is 0.567 bits per heavy atom. The van der Waals surface area contributed by atoms with E-state index < -0.39 is 71.0 Å². The lowest BCUT2D eigenvalue weighted by Gasteiger charge is -2.18. The summed E-state index contributed by atoms with van der Waals surface area (Å²) in [6, 6.07) is 18.5. The summed E-state index contributed by atoms with van der Waals surface area (Å²) in [6.45, 7) is 3.65. The highest BCUT2D eigenvalue weighted by atomic mass is 32.2. The lowest BCUT2D eigenvalue weighted by Crippen LogP contribution is -2.27. The predicted molar refractivity (Wildman–Crippen MR) is 220 cm³/mol. The van der Waals surface area contributed by atoms with Gasteiger partial charge >= 0.3 is 18.0 Å². The molecule has 6 N–H and O–H groups in total. The minimum atomic E-state index is -5.00. The topological polar surface area (TPSA) is 285 Å². The van der Waals surface area contributed by atoms with E-state index >= 15 is 0 Å². The molecule has 60 heavy (non-hydrogen) atoms. The lowest BCUT2D eigenvalue weighted by molar-refractivity contribution is 0.0517. The Kier molecular flexibility index (Phi) is 12.2. The highest BCUT2D eigenvalue weighted by molar-refractivity contribution is 7.91. The van der Waals surface area contributed by atoms with E-state index in [9.17, 15) is 49.9 Å². The molecule has 0 aliphatic heterocycles. The van der Waals surface area contributed by atoms with Crippen LogP contribution in [0, 0.1) is 0 Å². The first-order valence-corrected chi connectivity index (χ1v) is 20.4. The van der Waals surface area contributed by atoms with Gasteiger partial charge < -0.3 is 20.1 Å². The summed E-state index contributed by atoms with van der Waals surface area (Å²) in [5.74, 6) is -2.86. The van der Waals surface area contributed by atoms with Crippen LogP contribution in [0.1, 0.15) is 66.4 Å². The molecule has 0 spiro atoms. The van der Waals surface area contributed by atoms with Gasteiger partial charge in [0.1, 0.15) is 9.81 Å². The number of carbonyl (C=O) groups excluding carboxylic acids is 5. The number of ketones is 2. The minimum absolute atomic E-state index is 0.0129. The van der Waals surface area contributed by atoms with Crippen molar-refractivity contribution >= 4 is 96.1 Å². The number of Topliss-reactive ketones (excluding diaryl/α,β-unsaturated/α-hetero) is 2. The average Bonchev–Trinajstić information content (AvgIpc) is 3.19. The van der Waals surface area contributed by atoms with E-state index in [1.54, 1.807) is 13.8 Å². The van der Waals surface area contributed by atoms with Crippen molar-refractivity contribution in [3.05, 3.63) is 128 Å². The number of carbonyl (C=O) groups is 5. The summed E-state index contributed by atoms with van der Waals surface area (Å²) >= 11 is 0. The second kappa shape index (κ2) is 17.3. The van der Waals surface area contributed by atoms with Crippen LogP contribution in [0.15, 0.2) is 105 Å². The van der Waals surface area contributed by atoms with Gasteiger partial charge in [0.15, 0.2) is 11.4 Å². The van der Waals surface area contributed by atoms with Gasteiger partial charge in [0.05, 0.1) is 35.7 Å². The van der Waals surface area contributed by atoms with Gasteiger partial charge in [-0.1, -0.05) is 0 Å². The fourth-order valence-electron chi connectivity index (χ4n) is 5.76. The number of amides is 2. The summed E-state index contributed by atoms with van der Waals surface area (Å²) in [6.07, 6.45) is 1.99. The van der Waals surface area contributed by atoms with Crippen LogP contribution >= 0.6 is 0 Å². The number of allylic oxidation sites excluding steroid dienone is 2. The molecule has 4 aromatic carbocycles.